The third-order valence-corrected chi connectivity index (χ3v) is 5.38. The topological polar surface area (TPSA) is 15.3 Å². The number of nitrogens with one attached hydrogen (secondary N) is 1. The van der Waals surface area contributed by atoms with Gasteiger partial charge in [0.15, 0.2) is 0 Å². The molecule has 0 aromatic carbocycles. The van der Waals surface area contributed by atoms with E-state index in [0.717, 1.165) is 12.5 Å². The van der Waals surface area contributed by atoms with Gasteiger partial charge in [-0.1, -0.05) is 6.92 Å². The Bertz CT molecular complexity index is 355. The molecule has 1 atom stereocenters. The fourth-order valence-corrected chi connectivity index (χ4v) is 3.95. The van der Waals surface area contributed by atoms with Crippen LogP contribution in [0.2, 0.25) is 0 Å². The Hall–Kier alpha value is -0.380. The van der Waals surface area contributed by atoms with Crippen LogP contribution in [0.1, 0.15) is 43.2 Å². The van der Waals surface area contributed by atoms with Crippen molar-refractivity contribution in [2.45, 2.75) is 39.7 Å². The molecule has 0 aliphatic carbocycles. The van der Waals surface area contributed by atoms with E-state index in [1.807, 2.05) is 11.3 Å². The highest BCUT2D eigenvalue weighted by molar-refractivity contribution is 7.10. The lowest BCUT2D eigenvalue weighted by Crippen LogP contribution is -2.37. The molecule has 0 amide bonds. The summed E-state index contributed by atoms with van der Waals surface area (Å²) in [4.78, 5) is 4.19. The van der Waals surface area contributed by atoms with Gasteiger partial charge in [-0.2, -0.15) is 0 Å². The van der Waals surface area contributed by atoms with Crippen LogP contribution in [0.4, 0.5) is 0 Å². The molecular formula is C15H26N2S. The Morgan fingerprint density at radius 3 is 2.72 bits per heavy atom. The molecule has 2 heterocycles. The Morgan fingerprint density at radius 2 is 2.17 bits per heavy atom. The summed E-state index contributed by atoms with van der Waals surface area (Å²) in [6.45, 7) is 11.7. The molecule has 0 radical (unpaired) electrons. The molecule has 18 heavy (non-hydrogen) atoms. The van der Waals surface area contributed by atoms with E-state index in [2.05, 4.69) is 42.4 Å². The maximum Gasteiger partial charge on any atom is 0.0415 e. The maximum absolute atomic E-state index is 3.46. The molecule has 0 spiro atoms. The monoisotopic (exact) mass is 266 g/mol. The molecule has 2 nitrogen and oxygen atoms in total. The van der Waals surface area contributed by atoms with Crippen LogP contribution in [0, 0.1) is 12.8 Å². The van der Waals surface area contributed by atoms with E-state index in [0.29, 0.717) is 6.04 Å². The molecule has 102 valence electrons. The summed E-state index contributed by atoms with van der Waals surface area (Å²) in [6.07, 6.45) is 2.68. The molecule has 1 aromatic heterocycles. The lowest BCUT2D eigenvalue weighted by Gasteiger charge is -2.33. The van der Waals surface area contributed by atoms with Crippen LogP contribution in [0.5, 0.6) is 0 Å². The minimum atomic E-state index is 0.574. The summed E-state index contributed by atoms with van der Waals surface area (Å²) in [5.41, 5.74) is 1.45. The number of hydrogen-bond donors (Lipinski definition) is 1. The number of aryl methyl sites for hydroxylation is 1. The first-order valence-electron chi connectivity index (χ1n) is 7.21. The smallest absolute Gasteiger partial charge is 0.0415 e. The van der Waals surface area contributed by atoms with Crippen molar-refractivity contribution in [3.63, 3.8) is 0 Å². The highest BCUT2D eigenvalue weighted by atomic mass is 32.1. The van der Waals surface area contributed by atoms with Crippen LogP contribution >= 0.6 is 11.3 Å². The summed E-state index contributed by atoms with van der Waals surface area (Å²) < 4.78 is 0. The standard InChI is InChI=1S/C15H26N2S/c1-4-17(11-14-5-8-16-9-6-14)13(3)15-12(2)7-10-18-15/h7,10,13-14,16H,4-6,8-9,11H2,1-3H3. The van der Waals surface area contributed by atoms with Crippen molar-refractivity contribution >= 4 is 11.3 Å². The van der Waals surface area contributed by atoms with E-state index in [1.165, 1.54) is 38.0 Å². The average molecular weight is 266 g/mol. The Morgan fingerprint density at radius 1 is 1.44 bits per heavy atom. The second kappa shape index (κ2) is 6.69. The van der Waals surface area contributed by atoms with Crippen molar-refractivity contribution in [1.82, 2.24) is 10.2 Å². The van der Waals surface area contributed by atoms with Gasteiger partial charge < -0.3 is 5.32 Å². The summed E-state index contributed by atoms with van der Waals surface area (Å²) in [6, 6.07) is 2.82. The average Bonchev–Trinajstić information content (AvgIpc) is 2.82. The van der Waals surface area contributed by atoms with Crippen LogP contribution in [0.25, 0.3) is 0 Å². The second-order valence-electron chi connectivity index (χ2n) is 5.42. The summed E-state index contributed by atoms with van der Waals surface area (Å²) >= 11 is 1.91. The number of nitrogens with zero attached hydrogens (tertiary/aromatic N) is 1. The van der Waals surface area contributed by atoms with Gasteiger partial charge >= 0.3 is 0 Å². The lowest BCUT2D eigenvalue weighted by molar-refractivity contribution is 0.170. The molecular weight excluding hydrogens is 240 g/mol. The zero-order valence-corrected chi connectivity index (χ0v) is 12.7. The van der Waals surface area contributed by atoms with Crippen LogP contribution < -0.4 is 5.32 Å². The quantitative estimate of drug-likeness (QED) is 0.878. The first kappa shape index (κ1) is 14.0. The minimum Gasteiger partial charge on any atom is -0.317 e. The highest BCUT2D eigenvalue weighted by Crippen LogP contribution is 2.29. The zero-order chi connectivity index (χ0) is 13.0. The van der Waals surface area contributed by atoms with Crippen molar-refractivity contribution in [3.8, 4) is 0 Å². The van der Waals surface area contributed by atoms with Gasteiger partial charge in [-0.25, -0.2) is 0 Å². The number of piperidine rings is 1. The Labute approximate surface area is 115 Å². The van der Waals surface area contributed by atoms with Gasteiger partial charge in [-0.05, 0) is 69.3 Å². The fraction of sp³-hybridized carbons (Fsp3) is 0.733. The molecule has 2 rings (SSSR count). The fourth-order valence-electron chi connectivity index (χ4n) is 2.94. The van der Waals surface area contributed by atoms with Crippen molar-refractivity contribution in [2.24, 2.45) is 5.92 Å². The number of rotatable bonds is 5. The molecule has 0 saturated carbocycles. The van der Waals surface area contributed by atoms with Gasteiger partial charge in [0, 0.05) is 17.5 Å². The molecule has 1 unspecified atom stereocenters. The molecule has 3 heteroatoms. The van der Waals surface area contributed by atoms with E-state index < -0.39 is 0 Å². The van der Waals surface area contributed by atoms with Gasteiger partial charge in [0.1, 0.15) is 0 Å². The molecule has 1 aromatic rings. The van der Waals surface area contributed by atoms with Gasteiger partial charge in [-0.3, -0.25) is 4.90 Å². The first-order valence-corrected chi connectivity index (χ1v) is 8.09. The molecule has 0 bridgehead atoms. The molecule has 1 N–H and O–H groups in total. The van der Waals surface area contributed by atoms with Crippen LogP contribution in [0.15, 0.2) is 11.4 Å². The summed E-state index contributed by atoms with van der Waals surface area (Å²) in [5.74, 6) is 0.883. The Balaban J connectivity index is 1.97. The molecule has 1 fully saturated rings. The van der Waals surface area contributed by atoms with Gasteiger partial charge in [0.05, 0.1) is 0 Å². The summed E-state index contributed by atoms with van der Waals surface area (Å²) in [7, 11) is 0. The third kappa shape index (κ3) is 3.34. The van der Waals surface area contributed by atoms with Gasteiger partial charge in [0.25, 0.3) is 0 Å². The van der Waals surface area contributed by atoms with E-state index in [9.17, 15) is 0 Å². The largest absolute Gasteiger partial charge is 0.317 e. The minimum absolute atomic E-state index is 0.574. The van der Waals surface area contributed by atoms with E-state index >= 15 is 0 Å². The number of hydrogen-bond acceptors (Lipinski definition) is 3. The SMILES string of the molecule is CCN(CC1CCNCC1)C(C)c1sccc1C. The number of thiophene rings is 1. The predicted octanol–water partition coefficient (Wildman–Crippen LogP) is 3.44. The normalized spacial score (nSPS) is 19.3. The second-order valence-corrected chi connectivity index (χ2v) is 6.37. The third-order valence-electron chi connectivity index (χ3n) is 4.19. The molecule has 1 aliphatic rings. The van der Waals surface area contributed by atoms with E-state index in [4.69, 9.17) is 0 Å². The molecule has 1 saturated heterocycles. The maximum atomic E-state index is 3.46. The molecule has 1 aliphatic heterocycles. The van der Waals surface area contributed by atoms with E-state index in [-0.39, 0.29) is 0 Å². The Kier molecular flexibility index (Phi) is 5.22. The van der Waals surface area contributed by atoms with Crippen molar-refractivity contribution in [2.75, 3.05) is 26.2 Å². The van der Waals surface area contributed by atoms with Crippen LogP contribution in [-0.4, -0.2) is 31.1 Å². The summed E-state index contributed by atoms with van der Waals surface area (Å²) in [5, 5.41) is 5.68. The van der Waals surface area contributed by atoms with Crippen molar-refractivity contribution in [3.05, 3.63) is 21.9 Å². The van der Waals surface area contributed by atoms with E-state index in [1.54, 1.807) is 4.88 Å². The van der Waals surface area contributed by atoms with Gasteiger partial charge in [0.2, 0.25) is 0 Å². The zero-order valence-electron chi connectivity index (χ0n) is 11.9. The van der Waals surface area contributed by atoms with Gasteiger partial charge in [-0.15, -0.1) is 11.3 Å². The predicted molar refractivity (Wildman–Crippen MR) is 80.3 cm³/mol. The van der Waals surface area contributed by atoms with Crippen LogP contribution in [-0.2, 0) is 0 Å². The first-order chi connectivity index (χ1) is 8.72. The highest BCUT2D eigenvalue weighted by Gasteiger charge is 2.21. The van der Waals surface area contributed by atoms with Crippen LogP contribution in [0.3, 0.4) is 0 Å². The van der Waals surface area contributed by atoms with Crippen molar-refractivity contribution in [1.29, 1.82) is 0 Å². The lowest BCUT2D eigenvalue weighted by atomic mass is 9.96. The van der Waals surface area contributed by atoms with Crippen molar-refractivity contribution < 1.29 is 0 Å².